The van der Waals surface area contributed by atoms with E-state index in [1.165, 1.54) is 6.92 Å². The number of hydrogen-bond donors (Lipinski definition) is 3. The lowest BCUT2D eigenvalue weighted by Crippen LogP contribution is -2.35. The monoisotopic (exact) mass is 321 g/mol. The van der Waals surface area contributed by atoms with Crippen LogP contribution in [0.4, 0.5) is 10.5 Å². The highest BCUT2D eigenvalue weighted by molar-refractivity contribution is 5.88. The SMILES string of the molecule is CC(=O)Nc1ccc(C#CCNC(=O)NCc2ccccc2)cc1. The normalized spacial score (nSPS) is 9.38. The summed E-state index contributed by atoms with van der Waals surface area (Å²) in [5, 5.41) is 8.13. The van der Waals surface area contributed by atoms with Crippen LogP contribution >= 0.6 is 0 Å². The maximum absolute atomic E-state index is 11.6. The fourth-order valence-corrected chi connectivity index (χ4v) is 1.95. The molecule has 122 valence electrons. The zero-order chi connectivity index (χ0) is 17.2. The Balaban J connectivity index is 1.73. The molecule has 24 heavy (non-hydrogen) atoms. The van der Waals surface area contributed by atoms with Crippen molar-refractivity contribution >= 4 is 17.6 Å². The molecular weight excluding hydrogens is 302 g/mol. The van der Waals surface area contributed by atoms with E-state index in [0.717, 1.165) is 16.8 Å². The quantitative estimate of drug-likeness (QED) is 0.757. The largest absolute Gasteiger partial charge is 0.334 e. The number of nitrogens with one attached hydrogen (secondary N) is 3. The van der Waals surface area contributed by atoms with Gasteiger partial charge in [-0.2, -0.15) is 0 Å². The molecular formula is C19H19N3O2. The fraction of sp³-hybridized carbons (Fsp3) is 0.158. The summed E-state index contributed by atoms with van der Waals surface area (Å²) >= 11 is 0. The summed E-state index contributed by atoms with van der Waals surface area (Å²) in [6.07, 6.45) is 0. The van der Waals surface area contributed by atoms with E-state index in [9.17, 15) is 9.59 Å². The first-order chi connectivity index (χ1) is 11.6. The van der Waals surface area contributed by atoms with E-state index in [4.69, 9.17) is 0 Å². The van der Waals surface area contributed by atoms with Gasteiger partial charge in [0, 0.05) is 24.7 Å². The minimum absolute atomic E-state index is 0.112. The number of hydrogen-bond acceptors (Lipinski definition) is 2. The lowest BCUT2D eigenvalue weighted by Gasteiger charge is -2.05. The van der Waals surface area contributed by atoms with Crippen molar-refractivity contribution in [2.75, 3.05) is 11.9 Å². The third kappa shape index (κ3) is 6.24. The molecule has 3 amide bonds. The molecule has 5 heteroatoms. The second-order valence-corrected chi connectivity index (χ2v) is 5.08. The lowest BCUT2D eigenvalue weighted by atomic mass is 10.2. The molecule has 0 heterocycles. The van der Waals surface area contributed by atoms with Crippen LogP contribution in [0.5, 0.6) is 0 Å². The number of benzene rings is 2. The predicted octanol–water partition coefficient (Wildman–Crippen LogP) is 2.50. The van der Waals surface area contributed by atoms with Crippen LogP contribution < -0.4 is 16.0 Å². The minimum atomic E-state index is -0.255. The van der Waals surface area contributed by atoms with Crippen molar-refractivity contribution in [3.05, 3.63) is 65.7 Å². The Labute approximate surface area is 141 Å². The van der Waals surface area contributed by atoms with Crippen LogP contribution in [-0.2, 0) is 11.3 Å². The van der Waals surface area contributed by atoms with Gasteiger partial charge in [-0.15, -0.1) is 0 Å². The summed E-state index contributed by atoms with van der Waals surface area (Å²) in [7, 11) is 0. The molecule has 0 saturated carbocycles. The van der Waals surface area contributed by atoms with E-state index >= 15 is 0 Å². The summed E-state index contributed by atoms with van der Waals surface area (Å²) in [5.74, 6) is 5.72. The Morgan fingerprint density at radius 2 is 1.67 bits per heavy atom. The van der Waals surface area contributed by atoms with E-state index in [-0.39, 0.29) is 18.5 Å². The molecule has 0 aliphatic heterocycles. The minimum Gasteiger partial charge on any atom is -0.334 e. The van der Waals surface area contributed by atoms with Crippen LogP contribution in [0.15, 0.2) is 54.6 Å². The van der Waals surface area contributed by atoms with E-state index in [1.54, 1.807) is 12.1 Å². The first-order valence-electron chi connectivity index (χ1n) is 7.55. The molecule has 5 nitrogen and oxygen atoms in total. The van der Waals surface area contributed by atoms with E-state index in [2.05, 4.69) is 27.8 Å². The zero-order valence-electron chi connectivity index (χ0n) is 13.4. The number of amides is 3. The summed E-state index contributed by atoms with van der Waals surface area (Å²) in [6, 6.07) is 16.6. The second-order valence-electron chi connectivity index (χ2n) is 5.08. The van der Waals surface area contributed by atoms with Gasteiger partial charge in [-0.1, -0.05) is 42.2 Å². The average molecular weight is 321 g/mol. The molecule has 2 aromatic carbocycles. The number of urea groups is 1. The van der Waals surface area contributed by atoms with Gasteiger partial charge in [0.2, 0.25) is 5.91 Å². The van der Waals surface area contributed by atoms with Crippen molar-refractivity contribution in [2.24, 2.45) is 0 Å². The van der Waals surface area contributed by atoms with Crippen molar-refractivity contribution in [3.8, 4) is 11.8 Å². The van der Waals surface area contributed by atoms with Crippen molar-refractivity contribution in [2.45, 2.75) is 13.5 Å². The van der Waals surface area contributed by atoms with Gasteiger partial charge in [-0.3, -0.25) is 4.79 Å². The van der Waals surface area contributed by atoms with Crippen molar-refractivity contribution in [1.29, 1.82) is 0 Å². The molecule has 0 aliphatic carbocycles. The van der Waals surface area contributed by atoms with Gasteiger partial charge < -0.3 is 16.0 Å². The topological polar surface area (TPSA) is 70.2 Å². The van der Waals surface area contributed by atoms with Gasteiger partial charge in [-0.25, -0.2) is 4.79 Å². The fourth-order valence-electron chi connectivity index (χ4n) is 1.95. The van der Waals surface area contributed by atoms with Crippen molar-refractivity contribution < 1.29 is 9.59 Å². The smallest absolute Gasteiger partial charge is 0.315 e. The highest BCUT2D eigenvalue weighted by Gasteiger charge is 1.98. The highest BCUT2D eigenvalue weighted by Crippen LogP contribution is 2.08. The standard InChI is InChI=1S/C19H19N3O2/c1-15(23)22-18-11-9-16(10-12-18)8-5-13-20-19(24)21-14-17-6-3-2-4-7-17/h2-4,6-7,9-12H,13-14H2,1H3,(H,22,23)(H2,20,21,24). The maximum Gasteiger partial charge on any atom is 0.315 e. The molecule has 0 radical (unpaired) electrons. The first kappa shape index (κ1) is 17.1. The summed E-state index contributed by atoms with van der Waals surface area (Å²) in [6.45, 7) is 2.20. The Kier molecular flexibility index (Phi) is 6.42. The Morgan fingerprint density at radius 3 is 2.33 bits per heavy atom. The summed E-state index contributed by atoms with van der Waals surface area (Å²) in [5.41, 5.74) is 2.58. The van der Waals surface area contributed by atoms with Crippen molar-refractivity contribution in [3.63, 3.8) is 0 Å². The maximum atomic E-state index is 11.6. The van der Waals surface area contributed by atoms with Gasteiger partial charge in [0.1, 0.15) is 0 Å². The van der Waals surface area contributed by atoms with Gasteiger partial charge >= 0.3 is 6.03 Å². The molecule has 0 aromatic heterocycles. The molecule has 0 fully saturated rings. The Hall–Kier alpha value is -3.26. The van der Waals surface area contributed by atoms with Crippen molar-refractivity contribution in [1.82, 2.24) is 10.6 Å². The lowest BCUT2D eigenvalue weighted by molar-refractivity contribution is -0.114. The van der Waals surface area contributed by atoms with Gasteiger partial charge in [0.25, 0.3) is 0 Å². The zero-order valence-corrected chi connectivity index (χ0v) is 13.4. The number of carbonyl (C=O) groups is 2. The van der Waals surface area contributed by atoms with E-state index in [1.807, 2.05) is 42.5 Å². The predicted molar refractivity (Wildman–Crippen MR) is 94.3 cm³/mol. The Morgan fingerprint density at radius 1 is 0.958 bits per heavy atom. The summed E-state index contributed by atoms with van der Waals surface area (Å²) < 4.78 is 0. The average Bonchev–Trinajstić information content (AvgIpc) is 2.59. The molecule has 2 aromatic rings. The van der Waals surface area contributed by atoms with Crippen LogP contribution in [0.25, 0.3) is 0 Å². The molecule has 0 aliphatic rings. The van der Waals surface area contributed by atoms with Crippen LogP contribution in [-0.4, -0.2) is 18.5 Å². The second kappa shape index (κ2) is 9.01. The summed E-state index contributed by atoms with van der Waals surface area (Å²) in [4.78, 5) is 22.6. The van der Waals surface area contributed by atoms with Crippen LogP contribution in [0, 0.1) is 11.8 Å². The van der Waals surface area contributed by atoms with Crippen LogP contribution in [0.2, 0.25) is 0 Å². The molecule has 0 unspecified atom stereocenters. The molecule has 0 atom stereocenters. The van der Waals surface area contributed by atoms with Gasteiger partial charge in [0.15, 0.2) is 0 Å². The third-order valence-electron chi connectivity index (χ3n) is 3.07. The van der Waals surface area contributed by atoms with Gasteiger partial charge in [0.05, 0.1) is 6.54 Å². The van der Waals surface area contributed by atoms with E-state index in [0.29, 0.717) is 6.54 Å². The molecule has 3 N–H and O–H groups in total. The third-order valence-corrected chi connectivity index (χ3v) is 3.07. The number of carbonyl (C=O) groups excluding carboxylic acids is 2. The molecule has 0 saturated heterocycles. The van der Waals surface area contributed by atoms with Crippen LogP contribution in [0.1, 0.15) is 18.1 Å². The molecule has 0 bridgehead atoms. The first-order valence-corrected chi connectivity index (χ1v) is 7.55. The molecule has 0 spiro atoms. The van der Waals surface area contributed by atoms with Crippen LogP contribution in [0.3, 0.4) is 0 Å². The Bertz CT molecular complexity index is 744. The van der Waals surface area contributed by atoms with Gasteiger partial charge in [-0.05, 0) is 29.8 Å². The highest BCUT2D eigenvalue weighted by atomic mass is 16.2. The number of rotatable bonds is 4. The van der Waals surface area contributed by atoms with E-state index < -0.39 is 0 Å². The number of anilines is 1. The molecule has 2 rings (SSSR count).